The van der Waals surface area contributed by atoms with Crippen LogP contribution in [-0.4, -0.2) is 19.5 Å². The third kappa shape index (κ3) is 8.23. The Morgan fingerprint density at radius 3 is 2.10 bits per heavy atom. The average Bonchev–Trinajstić information content (AvgIpc) is 1.59. The topological polar surface area (TPSA) is 23.9 Å². The van der Waals surface area contributed by atoms with Crippen LogP contribution >= 0.6 is 7.05 Å². The third-order valence-corrected chi connectivity index (χ3v) is 2.93. The van der Waals surface area contributed by atoms with Gasteiger partial charge in [-0.1, -0.05) is 20.3 Å². The first-order chi connectivity index (χ1) is 4.42. The summed E-state index contributed by atoms with van der Waals surface area (Å²) in [7, 11) is -1.22. The summed E-state index contributed by atoms with van der Waals surface area (Å²) in [6.07, 6.45) is 3.69. The minimum atomic E-state index is -1.22. The average molecular weight is 161 g/mol. The number of hydrogen-bond acceptors (Lipinski definition) is 1. The van der Waals surface area contributed by atoms with E-state index < -0.39 is 7.05 Å². The van der Waals surface area contributed by atoms with Crippen molar-refractivity contribution in [3.05, 3.63) is 0 Å². The molecule has 0 fully saturated rings. The van der Waals surface area contributed by atoms with Gasteiger partial charge in [0.1, 0.15) is 0 Å². The molecule has 0 radical (unpaired) electrons. The number of rotatable bonds is 4. The van der Waals surface area contributed by atoms with Gasteiger partial charge in [0, 0.05) is 0 Å². The fourth-order valence-corrected chi connectivity index (χ4v) is 1.87. The van der Waals surface area contributed by atoms with Crippen LogP contribution in [0.5, 0.6) is 0 Å². The van der Waals surface area contributed by atoms with E-state index in [4.69, 9.17) is 5.16 Å². The van der Waals surface area contributed by atoms with Gasteiger partial charge in [-0.25, -0.2) is 0 Å². The highest BCUT2D eigenvalue weighted by molar-refractivity contribution is 7.63. The Hall–Kier alpha value is 0.230. The zero-order valence-electron chi connectivity index (χ0n) is 7.65. The maximum absolute atomic E-state index is 7.69. The molecule has 0 bridgehead atoms. The molecule has 0 unspecified atom stereocenters. The molecule has 0 aliphatic rings. The van der Waals surface area contributed by atoms with Crippen LogP contribution in [0.25, 0.3) is 0 Å². The van der Waals surface area contributed by atoms with E-state index in [0.29, 0.717) is 0 Å². The van der Waals surface area contributed by atoms with E-state index in [1.165, 1.54) is 12.8 Å². The van der Waals surface area contributed by atoms with Crippen molar-refractivity contribution in [1.82, 2.24) is 0 Å². The van der Waals surface area contributed by atoms with Crippen molar-refractivity contribution in [1.29, 1.82) is 5.16 Å². The maximum atomic E-state index is 7.69. The Morgan fingerprint density at radius 2 is 1.80 bits per heavy atom. The Kier molecular flexibility index (Phi) is 4.28. The van der Waals surface area contributed by atoms with Crippen molar-refractivity contribution < 1.29 is 0 Å². The molecule has 0 amide bonds. The summed E-state index contributed by atoms with van der Waals surface area (Å²) in [6.45, 7) is 8.67. The Bertz CT molecular complexity index is 123. The van der Waals surface area contributed by atoms with E-state index in [9.17, 15) is 0 Å². The van der Waals surface area contributed by atoms with Gasteiger partial charge >= 0.3 is 0 Å². The molecule has 0 aromatic carbocycles. The fraction of sp³-hybridized carbons (Fsp3) is 1.00. The number of hydrogen-bond donors (Lipinski definition) is 1. The summed E-state index contributed by atoms with van der Waals surface area (Å²) in [6, 6.07) is 0. The monoisotopic (exact) mass is 161 g/mol. The van der Waals surface area contributed by atoms with Crippen molar-refractivity contribution in [3.8, 4) is 0 Å². The van der Waals surface area contributed by atoms with Gasteiger partial charge in [0.15, 0.2) is 0 Å². The molecule has 2 heteroatoms. The fourth-order valence-electron chi connectivity index (χ4n) is 0.895. The van der Waals surface area contributed by atoms with Crippen molar-refractivity contribution in [2.75, 3.05) is 19.5 Å². The highest BCUT2D eigenvalue weighted by Gasteiger charge is 2.01. The second kappa shape index (κ2) is 4.18. The van der Waals surface area contributed by atoms with Crippen molar-refractivity contribution >= 4 is 7.05 Å². The molecule has 0 saturated carbocycles. The van der Waals surface area contributed by atoms with E-state index >= 15 is 0 Å². The van der Waals surface area contributed by atoms with Crippen LogP contribution in [0.15, 0.2) is 0 Å². The second-order valence-electron chi connectivity index (χ2n) is 3.94. The first-order valence-electron chi connectivity index (χ1n) is 4.00. The normalized spacial score (nSPS) is 12.5. The van der Waals surface area contributed by atoms with Gasteiger partial charge in [0.25, 0.3) is 0 Å². The van der Waals surface area contributed by atoms with Crippen LogP contribution in [0.2, 0.25) is 0 Å². The predicted molar refractivity (Wildman–Crippen MR) is 50.4 cm³/mol. The lowest BCUT2D eigenvalue weighted by molar-refractivity contribution is 0.578. The lowest BCUT2D eigenvalue weighted by Gasteiger charge is -2.10. The molecule has 1 nitrogen and oxygen atoms in total. The van der Waals surface area contributed by atoms with E-state index in [2.05, 4.69) is 27.2 Å². The SMILES string of the molecule is CC(C)CCCP(C)(C)=N. The van der Waals surface area contributed by atoms with Gasteiger partial charge in [0.2, 0.25) is 0 Å². The minimum absolute atomic E-state index is 0.812. The van der Waals surface area contributed by atoms with Crippen LogP contribution < -0.4 is 0 Å². The van der Waals surface area contributed by atoms with Crippen molar-refractivity contribution in [2.45, 2.75) is 26.7 Å². The highest BCUT2D eigenvalue weighted by Crippen LogP contribution is 2.37. The summed E-state index contributed by atoms with van der Waals surface area (Å²) in [5.41, 5.74) is 0. The molecule has 1 N–H and O–H groups in total. The Labute approximate surface area is 65.1 Å². The molecule has 62 valence electrons. The summed E-state index contributed by atoms with van der Waals surface area (Å²) in [5, 5.41) is 7.69. The minimum Gasteiger partial charge on any atom is -0.319 e. The summed E-state index contributed by atoms with van der Waals surface area (Å²) in [5.74, 6) is 0.812. The van der Waals surface area contributed by atoms with Crippen molar-refractivity contribution in [3.63, 3.8) is 0 Å². The van der Waals surface area contributed by atoms with Crippen LogP contribution in [0.1, 0.15) is 26.7 Å². The van der Waals surface area contributed by atoms with E-state index in [1.54, 1.807) is 0 Å². The van der Waals surface area contributed by atoms with Gasteiger partial charge in [-0.05, 0) is 38.9 Å². The quantitative estimate of drug-likeness (QED) is 0.610. The maximum Gasteiger partial charge on any atom is -0.0183 e. The van der Waals surface area contributed by atoms with E-state index in [0.717, 1.165) is 12.1 Å². The lowest BCUT2D eigenvalue weighted by atomic mass is 10.1. The third-order valence-electron chi connectivity index (χ3n) is 1.50. The van der Waals surface area contributed by atoms with Gasteiger partial charge in [-0.3, -0.25) is 0 Å². The van der Waals surface area contributed by atoms with Crippen molar-refractivity contribution in [2.24, 2.45) is 5.92 Å². The van der Waals surface area contributed by atoms with Crippen LogP contribution in [0.3, 0.4) is 0 Å². The van der Waals surface area contributed by atoms with Crippen LogP contribution in [-0.2, 0) is 0 Å². The molecule has 0 aromatic heterocycles. The van der Waals surface area contributed by atoms with Gasteiger partial charge in [-0.2, -0.15) is 0 Å². The zero-order chi connectivity index (χ0) is 8.20. The molecular weight excluding hydrogens is 141 g/mol. The Morgan fingerprint density at radius 1 is 1.30 bits per heavy atom. The molecule has 0 spiro atoms. The van der Waals surface area contributed by atoms with Crippen LogP contribution in [0, 0.1) is 11.1 Å². The molecule has 0 atom stereocenters. The first-order valence-corrected chi connectivity index (χ1v) is 6.87. The van der Waals surface area contributed by atoms with Crippen LogP contribution in [0.4, 0.5) is 0 Å². The summed E-state index contributed by atoms with van der Waals surface area (Å²) < 4.78 is 0. The molecule has 10 heavy (non-hydrogen) atoms. The molecule has 0 aliphatic heterocycles. The van der Waals surface area contributed by atoms with E-state index in [-0.39, 0.29) is 0 Å². The molecule has 0 heterocycles. The first kappa shape index (κ1) is 10.2. The predicted octanol–water partition coefficient (Wildman–Crippen LogP) is 3.46. The molecule has 0 saturated heterocycles. The van der Waals surface area contributed by atoms with E-state index in [1.807, 2.05) is 0 Å². The molecule has 0 aliphatic carbocycles. The summed E-state index contributed by atoms with van der Waals surface area (Å²) in [4.78, 5) is 0. The highest BCUT2D eigenvalue weighted by atomic mass is 31.2. The lowest BCUT2D eigenvalue weighted by Crippen LogP contribution is -1.91. The van der Waals surface area contributed by atoms with Gasteiger partial charge < -0.3 is 5.16 Å². The molecular formula is C8H20NP. The summed E-state index contributed by atoms with van der Waals surface area (Å²) >= 11 is 0. The Balaban J connectivity index is 3.30. The van der Waals surface area contributed by atoms with Gasteiger partial charge in [-0.15, -0.1) is 0 Å². The zero-order valence-corrected chi connectivity index (χ0v) is 8.54. The smallest absolute Gasteiger partial charge is 0.0183 e. The number of nitrogens with one attached hydrogen (secondary N) is 1. The standard InChI is InChI=1S/C8H20NP/c1-8(2)6-5-7-10(3,4)9/h8-9H,5-7H2,1-4H3. The molecule has 0 rings (SSSR count). The second-order valence-corrected chi connectivity index (χ2v) is 7.76. The largest absolute Gasteiger partial charge is 0.319 e. The van der Waals surface area contributed by atoms with Gasteiger partial charge in [0.05, 0.1) is 0 Å². The molecule has 0 aromatic rings.